The number of aryl methyl sites for hydroxylation is 2. The molecular weight excluding hydrogens is 448 g/mol. The van der Waals surface area contributed by atoms with Crippen LogP contribution >= 0.6 is 11.3 Å². The van der Waals surface area contributed by atoms with Crippen LogP contribution < -0.4 is 4.74 Å². The molecular formula is C27H30N2O4S. The van der Waals surface area contributed by atoms with Crippen LogP contribution in [0.25, 0.3) is 10.6 Å². The first-order valence-corrected chi connectivity index (χ1v) is 12.5. The van der Waals surface area contributed by atoms with Crippen molar-refractivity contribution in [2.45, 2.75) is 58.5 Å². The summed E-state index contributed by atoms with van der Waals surface area (Å²) in [4.78, 5) is 22.3. The van der Waals surface area contributed by atoms with Gasteiger partial charge in [-0.3, -0.25) is 4.79 Å². The molecule has 4 rings (SSSR count). The number of unbranched alkanes of at least 4 members (excludes halogenated alkanes) is 1. The Balaban J connectivity index is 1.40. The summed E-state index contributed by atoms with van der Waals surface area (Å²) in [5, 5.41) is 14.3. The van der Waals surface area contributed by atoms with Gasteiger partial charge in [-0.2, -0.15) is 0 Å². The van der Waals surface area contributed by atoms with Crippen molar-refractivity contribution in [3.63, 3.8) is 0 Å². The molecule has 6 nitrogen and oxygen atoms in total. The first-order valence-electron chi connectivity index (χ1n) is 11.7. The summed E-state index contributed by atoms with van der Waals surface area (Å²) < 4.78 is 6.03. The molecule has 178 valence electrons. The molecule has 1 atom stereocenters. The van der Waals surface area contributed by atoms with Crippen molar-refractivity contribution in [1.29, 1.82) is 0 Å². The van der Waals surface area contributed by atoms with E-state index >= 15 is 0 Å². The SMILES string of the molecule is CCCCc1ccc(-c2nc(C)c(COc3ccc(C(CC(=O)O)C4=NOCC4)cc3)s2)cc1. The fraction of sp³-hybridized carbons (Fsp3) is 0.370. The van der Waals surface area contributed by atoms with Crippen LogP contribution in [0.2, 0.25) is 0 Å². The number of aliphatic carboxylic acids is 1. The zero-order valence-corrected chi connectivity index (χ0v) is 20.4. The monoisotopic (exact) mass is 478 g/mol. The van der Waals surface area contributed by atoms with Crippen LogP contribution in [0.4, 0.5) is 0 Å². The van der Waals surface area contributed by atoms with Gasteiger partial charge in [-0.1, -0.05) is 54.9 Å². The zero-order valence-electron chi connectivity index (χ0n) is 19.6. The Labute approximate surface area is 204 Å². The Kier molecular flexibility index (Phi) is 7.95. The van der Waals surface area contributed by atoms with Crippen LogP contribution in [-0.2, 0) is 22.7 Å². The average Bonchev–Trinajstić information content (AvgIpc) is 3.51. The van der Waals surface area contributed by atoms with Crippen molar-refractivity contribution < 1.29 is 19.5 Å². The molecule has 0 amide bonds. The number of carbonyl (C=O) groups is 1. The Bertz CT molecular complexity index is 1140. The summed E-state index contributed by atoms with van der Waals surface area (Å²) in [6.07, 6.45) is 4.17. The lowest BCUT2D eigenvalue weighted by Gasteiger charge is -2.15. The third kappa shape index (κ3) is 6.03. The number of nitrogens with zero attached hydrogens (tertiary/aromatic N) is 2. The van der Waals surface area contributed by atoms with E-state index in [0.29, 0.717) is 19.6 Å². The van der Waals surface area contributed by atoms with E-state index in [9.17, 15) is 9.90 Å². The van der Waals surface area contributed by atoms with Crippen LogP contribution in [0.3, 0.4) is 0 Å². The van der Waals surface area contributed by atoms with Crippen molar-refractivity contribution in [2.75, 3.05) is 6.61 Å². The number of benzene rings is 2. The summed E-state index contributed by atoms with van der Waals surface area (Å²) in [6.45, 7) is 5.17. The van der Waals surface area contributed by atoms with Gasteiger partial charge >= 0.3 is 5.97 Å². The number of carboxylic acids is 1. The minimum Gasteiger partial charge on any atom is -0.488 e. The van der Waals surface area contributed by atoms with E-state index in [2.05, 4.69) is 36.3 Å². The lowest BCUT2D eigenvalue weighted by Crippen LogP contribution is -2.15. The van der Waals surface area contributed by atoms with Crippen molar-refractivity contribution in [3.8, 4) is 16.3 Å². The first kappa shape index (κ1) is 24.0. The highest BCUT2D eigenvalue weighted by Crippen LogP contribution is 2.31. The number of carboxylic acid groups (broad SMARTS) is 1. The molecule has 0 bridgehead atoms. The number of rotatable bonds is 11. The molecule has 1 N–H and O–H groups in total. The second-order valence-electron chi connectivity index (χ2n) is 8.50. The topological polar surface area (TPSA) is 81.0 Å². The molecule has 1 aliphatic heterocycles. The van der Waals surface area contributed by atoms with Gasteiger partial charge in [-0.25, -0.2) is 4.98 Å². The second kappa shape index (κ2) is 11.3. The largest absolute Gasteiger partial charge is 0.488 e. The van der Waals surface area contributed by atoms with E-state index in [4.69, 9.17) is 14.6 Å². The average molecular weight is 479 g/mol. The van der Waals surface area contributed by atoms with Crippen LogP contribution in [-0.4, -0.2) is 28.4 Å². The molecule has 0 saturated carbocycles. The summed E-state index contributed by atoms with van der Waals surface area (Å²) in [5.74, 6) is -0.405. The number of aromatic nitrogens is 1. The molecule has 0 saturated heterocycles. The van der Waals surface area contributed by atoms with Crippen molar-refractivity contribution in [1.82, 2.24) is 4.98 Å². The smallest absolute Gasteiger partial charge is 0.304 e. The lowest BCUT2D eigenvalue weighted by atomic mass is 9.89. The first-order chi connectivity index (χ1) is 16.5. The quantitative estimate of drug-likeness (QED) is 0.346. The van der Waals surface area contributed by atoms with Gasteiger partial charge < -0.3 is 14.7 Å². The Morgan fingerprint density at radius 1 is 1.18 bits per heavy atom. The molecule has 2 heterocycles. The second-order valence-corrected chi connectivity index (χ2v) is 9.59. The Morgan fingerprint density at radius 2 is 1.94 bits per heavy atom. The van der Waals surface area contributed by atoms with E-state index < -0.39 is 5.97 Å². The van der Waals surface area contributed by atoms with Crippen molar-refractivity contribution >= 4 is 23.0 Å². The molecule has 0 radical (unpaired) electrons. The Morgan fingerprint density at radius 3 is 2.59 bits per heavy atom. The number of thiazole rings is 1. The van der Waals surface area contributed by atoms with Gasteiger partial charge in [0.15, 0.2) is 0 Å². The van der Waals surface area contributed by atoms with E-state index in [-0.39, 0.29) is 12.3 Å². The highest BCUT2D eigenvalue weighted by Gasteiger charge is 2.25. The molecule has 0 aliphatic carbocycles. The molecule has 1 aromatic heterocycles. The molecule has 2 aromatic carbocycles. The third-order valence-corrected chi connectivity index (χ3v) is 7.16. The molecule has 0 spiro atoms. The maximum Gasteiger partial charge on any atom is 0.304 e. The summed E-state index contributed by atoms with van der Waals surface area (Å²) >= 11 is 1.66. The van der Waals surface area contributed by atoms with E-state index in [1.54, 1.807) is 11.3 Å². The van der Waals surface area contributed by atoms with Gasteiger partial charge in [0.2, 0.25) is 0 Å². The van der Waals surface area contributed by atoms with Crippen molar-refractivity contribution in [3.05, 3.63) is 70.2 Å². The van der Waals surface area contributed by atoms with Crippen LogP contribution in [0.1, 0.15) is 60.2 Å². The summed E-state index contributed by atoms with van der Waals surface area (Å²) in [7, 11) is 0. The number of hydrogen-bond acceptors (Lipinski definition) is 6. The predicted molar refractivity (Wildman–Crippen MR) is 135 cm³/mol. The minimum atomic E-state index is -0.855. The molecule has 7 heteroatoms. The number of hydrogen-bond donors (Lipinski definition) is 1. The molecule has 34 heavy (non-hydrogen) atoms. The normalized spacial score (nSPS) is 13.9. The molecule has 1 unspecified atom stereocenters. The van der Waals surface area contributed by atoms with E-state index in [1.807, 2.05) is 31.2 Å². The highest BCUT2D eigenvalue weighted by atomic mass is 32.1. The van der Waals surface area contributed by atoms with Crippen LogP contribution in [0.15, 0.2) is 53.7 Å². The molecule has 1 aliphatic rings. The Hall–Kier alpha value is -3.19. The fourth-order valence-corrected chi connectivity index (χ4v) is 4.97. The minimum absolute atomic E-state index is 0.00911. The maximum atomic E-state index is 11.3. The van der Waals surface area contributed by atoms with Gasteiger partial charge in [0.1, 0.15) is 24.0 Å². The molecule has 3 aromatic rings. The van der Waals surface area contributed by atoms with Crippen LogP contribution in [0.5, 0.6) is 5.75 Å². The van der Waals surface area contributed by atoms with Gasteiger partial charge in [0.05, 0.1) is 22.7 Å². The third-order valence-electron chi connectivity index (χ3n) is 5.98. The number of ether oxygens (including phenoxy) is 1. The highest BCUT2D eigenvalue weighted by molar-refractivity contribution is 7.15. The fourth-order valence-electron chi connectivity index (χ4n) is 3.99. The number of oxime groups is 1. The lowest BCUT2D eigenvalue weighted by molar-refractivity contribution is -0.137. The van der Waals surface area contributed by atoms with Gasteiger partial charge in [0.25, 0.3) is 0 Å². The maximum absolute atomic E-state index is 11.3. The van der Waals surface area contributed by atoms with E-state index in [1.165, 1.54) is 18.4 Å². The van der Waals surface area contributed by atoms with Crippen LogP contribution in [0, 0.1) is 6.92 Å². The summed E-state index contributed by atoms with van der Waals surface area (Å²) in [6, 6.07) is 16.3. The predicted octanol–water partition coefficient (Wildman–Crippen LogP) is 6.37. The van der Waals surface area contributed by atoms with Gasteiger partial charge in [-0.05, 0) is 43.0 Å². The molecule has 0 fully saturated rings. The van der Waals surface area contributed by atoms with Crippen molar-refractivity contribution in [2.24, 2.45) is 5.16 Å². The van der Waals surface area contributed by atoms with Gasteiger partial charge in [0, 0.05) is 17.9 Å². The standard InChI is InChI=1S/C27H30N2O4S/c1-3-4-5-19-6-8-21(9-7-19)27-28-18(2)25(34-27)17-32-22-12-10-20(11-13-22)23(16-26(30)31)24-14-15-33-29-24/h6-13,23H,3-5,14-17H2,1-2H3,(H,30,31). The van der Waals surface area contributed by atoms with E-state index in [0.717, 1.165) is 44.6 Å². The van der Waals surface area contributed by atoms with Gasteiger partial charge in [-0.15, -0.1) is 11.3 Å². The zero-order chi connectivity index (χ0) is 23.9. The summed E-state index contributed by atoms with van der Waals surface area (Å²) in [5.41, 5.74) is 5.16.